The molecule has 19 heavy (non-hydrogen) atoms. The van der Waals surface area contributed by atoms with E-state index in [1.165, 1.54) is 5.56 Å². The van der Waals surface area contributed by atoms with Crippen molar-refractivity contribution in [2.45, 2.75) is 13.8 Å². The lowest BCUT2D eigenvalue weighted by atomic mass is 10.2. The summed E-state index contributed by atoms with van der Waals surface area (Å²) in [7, 11) is 0. The first-order chi connectivity index (χ1) is 9.26. The highest BCUT2D eigenvalue weighted by Crippen LogP contribution is 2.27. The topological polar surface area (TPSA) is 51.0 Å². The number of hydrogen-bond donors (Lipinski definition) is 1. The number of anilines is 1. The molecule has 0 aliphatic heterocycles. The molecule has 0 spiro atoms. The second kappa shape index (κ2) is 4.72. The molecule has 0 saturated heterocycles. The largest absolute Gasteiger partial charge is 0.454 e. The Labute approximate surface area is 111 Å². The molecule has 0 bridgehead atoms. The Bertz CT molecular complexity index is 701. The fourth-order valence-corrected chi connectivity index (χ4v) is 2.03. The van der Waals surface area contributed by atoms with Gasteiger partial charge < -0.3 is 9.73 Å². The van der Waals surface area contributed by atoms with Gasteiger partial charge in [-0.1, -0.05) is 11.6 Å². The summed E-state index contributed by atoms with van der Waals surface area (Å²) in [4.78, 5) is 0. The second-order valence-electron chi connectivity index (χ2n) is 4.49. The molecular weight excluding hydrogens is 238 g/mol. The summed E-state index contributed by atoms with van der Waals surface area (Å²) in [5.74, 6) is 1.52. The van der Waals surface area contributed by atoms with Crippen LogP contribution in [-0.4, -0.2) is 16.7 Å². The lowest BCUT2D eigenvalue weighted by molar-refractivity contribution is 0.627. The summed E-state index contributed by atoms with van der Waals surface area (Å²) < 4.78 is 5.79. The van der Waals surface area contributed by atoms with Gasteiger partial charge in [-0.05, 0) is 44.2 Å². The van der Waals surface area contributed by atoms with E-state index in [9.17, 15) is 0 Å². The molecule has 0 radical (unpaired) electrons. The summed E-state index contributed by atoms with van der Waals surface area (Å²) >= 11 is 0. The van der Waals surface area contributed by atoms with Crippen LogP contribution in [0, 0.1) is 6.92 Å². The highest BCUT2D eigenvalue weighted by molar-refractivity contribution is 5.82. The van der Waals surface area contributed by atoms with Crippen LogP contribution in [0.15, 0.2) is 40.8 Å². The number of nitrogens with zero attached hydrogens (tertiary/aromatic N) is 2. The lowest BCUT2D eigenvalue weighted by Gasteiger charge is -2.00. The first kappa shape index (κ1) is 11.7. The molecule has 0 amide bonds. The Hall–Kier alpha value is -2.36. The zero-order valence-electron chi connectivity index (χ0n) is 11.0. The molecule has 0 saturated carbocycles. The predicted octanol–water partition coefficient (Wildman–Crippen LogP) is 3.63. The molecule has 0 fully saturated rings. The Kier molecular flexibility index (Phi) is 2.91. The van der Waals surface area contributed by atoms with E-state index in [1.807, 2.05) is 37.3 Å². The number of fused-ring (bicyclic) bond motifs is 1. The van der Waals surface area contributed by atoms with E-state index in [0.29, 0.717) is 0 Å². The van der Waals surface area contributed by atoms with Gasteiger partial charge in [0.05, 0.1) is 0 Å². The van der Waals surface area contributed by atoms with Crippen LogP contribution in [0.2, 0.25) is 0 Å². The number of aryl methyl sites for hydroxylation is 1. The van der Waals surface area contributed by atoms with Crippen molar-refractivity contribution in [1.82, 2.24) is 10.2 Å². The van der Waals surface area contributed by atoms with Crippen molar-refractivity contribution in [3.8, 4) is 11.5 Å². The van der Waals surface area contributed by atoms with Crippen LogP contribution in [-0.2, 0) is 0 Å². The van der Waals surface area contributed by atoms with Crippen molar-refractivity contribution >= 4 is 16.8 Å². The molecule has 0 aliphatic carbocycles. The van der Waals surface area contributed by atoms with Gasteiger partial charge >= 0.3 is 0 Å². The first-order valence-corrected chi connectivity index (χ1v) is 6.34. The fourth-order valence-electron chi connectivity index (χ4n) is 2.03. The highest BCUT2D eigenvalue weighted by Gasteiger charge is 2.08. The van der Waals surface area contributed by atoms with Gasteiger partial charge in [-0.15, -0.1) is 10.2 Å². The van der Waals surface area contributed by atoms with E-state index in [-0.39, 0.29) is 0 Å². The Morgan fingerprint density at radius 1 is 1.11 bits per heavy atom. The van der Waals surface area contributed by atoms with Crippen molar-refractivity contribution in [3.05, 3.63) is 42.0 Å². The van der Waals surface area contributed by atoms with Gasteiger partial charge in [-0.2, -0.15) is 0 Å². The maximum absolute atomic E-state index is 5.79. The van der Waals surface area contributed by atoms with Crippen LogP contribution in [0.1, 0.15) is 12.5 Å². The van der Waals surface area contributed by atoms with Crippen LogP contribution >= 0.6 is 0 Å². The van der Waals surface area contributed by atoms with Crippen molar-refractivity contribution < 1.29 is 4.42 Å². The third-order valence-electron chi connectivity index (χ3n) is 2.95. The van der Waals surface area contributed by atoms with E-state index in [0.717, 1.165) is 34.8 Å². The number of aromatic nitrogens is 2. The zero-order chi connectivity index (χ0) is 13.2. The molecule has 0 aliphatic rings. The maximum atomic E-state index is 5.79. The molecule has 4 heteroatoms. The molecule has 2 aromatic heterocycles. The van der Waals surface area contributed by atoms with Gasteiger partial charge in [0.1, 0.15) is 17.1 Å². The number of furan rings is 1. The molecule has 0 unspecified atom stereocenters. The van der Waals surface area contributed by atoms with Gasteiger partial charge in [0.15, 0.2) is 5.76 Å². The van der Waals surface area contributed by atoms with Crippen molar-refractivity contribution in [2.24, 2.45) is 0 Å². The summed E-state index contributed by atoms with van der Waals surface area (Å²) in [5, 5.41) is 12.5. The summed E-state index contributed by atoms with van der Waals surface area (Å²) in [6.45, 7) is 4.92. The van der Waals surface area contributed by atoms with E-state index in [1.54, 1.807) is 0 Å². The maximum Gasteiger partial charge on any atom is 0.155 e. The standard InChI is InChI=1S/C15H15N3O/c1-3-16-15-7-5-12(17-18-15)14-9-11-8-10(2)4-6-13(11)19-14/h4-9H,3H2,1-2H3,(H,16,18). The van der Waals surface area contributed by atoms with E-state index >= 15 is 0 Å². The monoisotopic (exact) mass is 253 g/mol. The minimum Gasteiger partial charge on any atom is -0.454 e. The molecule has 2 heterocycles. The molecule has 1 N–H and O–H groups in total. The SMILES string of the molecule is CCNc1ccc(-c2cc3cc(C)ccc3o2)nn1. The van der Waals surface area contributed by atoms with Crippen LogP contribution in [0.4, 0.5) is 5.82 Å². The highest BCUT2D eigenvalue weighted by atomic mass is 16.3. The molecule has 96 valence electrons. The van der Waals surface area contributed by atoms with E-state index in [2.05, 4.69) is 28.5 Å². The quantitative estimate of drug-likeness (QED) is 0.774. The van der Waals surface area contributed by atoms with Crippen molar-refractivity contribution in [1.29, 1.82) is 0 Å². The van der Waals surface area contributed by atoms with Gasteiger partial charge in [0.2, 0.25) is 0 Å². The zero-order valence-corrected chi connectivity index (χ0v) is 11.0. The van der Waals surface area contributed by atoms with Gasteiger partial charge in [-0.25, -0.2) is 0 Å². The Morgan fingerprint density at radius 2 is 2.00 bits per heavy atom. The minimum absolute atomic E-state index is 0.746. The lowest BCUT2D eigenvalue weighted by Crippen LogP contribution is -2.00. The molecule has 0 atom stereocenters. The van der Waals surface area contributed by atoms with Crippen LogP contribution in [0.3, 0.4) is 0 Å². The number of nitrogens with one attached hydrogen (secondary N) is 1. The van der Waals surface area contributed by atoms with Gasteiger partial charge in [0, 0.05) is 11.9 Å². The molecular formula is C15H15N3O. The summed E-state index contributed by atoms with van der Waals surface area (Å²) in [6.07, 6.45) is 0. The van der Waals surface area contributed by atoms with E-state index in [4.69, 9.17) is 4.42 Å². The first-order valence-electron chi connectivity index (χ1n) is 6.34. The fraction of sp³-hybridized carbons (Fsp3) is 0.200. The molecule has 1 aromatic carbocycles. The third kappa shape index (κ3) is 2.29. The average molecular weight is 253 g/mol. The van der Waals surface area contributed by atoms with Gasteiger partial charge in [0.25, 0.3) is 0 Å². The number of rotatable bonds is 3. The van der Waals surface area contributed by atoms with Crippen molar-refractivity contribution in [3.63, 3.8) is 0 Å². The Balaban J connectivity index is 1.99. The van der Waals surface area contributed by atoms with Crippen LogP contribution in [0.5, 0.6) is 0 Å². The van der Waals surface area contributed by atoms with E-state index < -0.39 is 0 Å². The third-order valence-corrected chi connectivity index (χ3v) is 2.95. The average Bonchev–Trinajstić information content (AvgIpc) is 2.83. The van der Waals surface area contributed by atoms with Crippen LogP contribution in [0.25, 0.3) is 22.4 Å². The minimum atomic E-state index is 0.746. The molecule has 3 rings (SSSR count). The summed E-state index contributed by atoms with van der Waals surface area (Å²) in [5.41, 5.74) is 2.84. The predicted molar refractivity (Wildman–Crippen MR) is 76.1 cm³/mol. The number of hydrogen-bond acceptors (Lipinski definition) is 4. The summed E-state index contributed by atoms with van der Waals surface area (Å²) in [6, 6.07) is 11.9. The van der Waals surface area contributed by atoms with Gasteiger partial charge in [-0.3, -0.25) is 0 Å². The molecule has 4 nitrogen and oxygen atoms in total. The smallest absolute Gasteiger partial charge is 0.155 e. The van der Waals surface area contributed by atoms with Crippen molar-refractivity contribution in [2.75, 3.05) is 11.9 Å². The van der Waals surface area contributed by atoms with Crippen LogP contribution < -0.4 is 5.32 Å². The normalized spacial score (nSPS) is 10.8. The second-order valence-corrected chi connectivity index (χ2v) is 4.49. The molecule has 3 aromatic rings. The Morgan fingerprint density at radius 3 is 2.74 bits per heavy atom. The number of benzene rings is 1.